The molecule has 0 radical (unpaired) electrons. The fraction of sp³-hybridized carbons (Fsp3) is 0.333. The largest absolute Gasteiger partial charge is 0.463 e. The van der Waals surface area contributed by atoms with Crippen molar-refractivity contribution in [1.82, 2.24) is 15.1 Å². The Morgan fingerprint density at radius 2 is 1.58 bits per heavy atom. The van der Waals surface area contributed by atoms with Crippen LogP contribution in [0.4, 0.5) is 0 Å². The van der Waals surface area contributed by atoms with Crippen molar-refractivity contribution in [3.8, 4) is 0 Å². The number of carbonyl (C=O) groups excluding carboxylic acids is 4. The second kappa shape index (κ2) is 14.3. The maximum Gasteiger partial charge on any atom is 0.306 e. The molecule has 5 bridgehead atoms. The summed E-state index contributed by atoms with van der Waals surface area (Å²) in [5, 5.41) is 13.9. The summed E-state index contributed by atoms with van der Waals surface area (Å²) in [5.74, 6) is -3.80. The normalized spacial score (nSPS) is 29.6. The second-order valence-corrected chi connectivity index (χ2v) is 14.0. The molecule has 11 heteroatoms. The summed E-state index contributed by atoms with van der Waals surface area (Å²) >= 11 is 3.62. The van der Waals surface area contributed by atoms with Crippen LogP contribution >= 0.6 is 15.9 Å². The van der Waals surface area contributed by atoms with E-state index in [2.05, 4.69) is 21.2 Å². The molecule has 2 N–H and O–H groups in total. The molecule has 0 saturated carbocycles. The summed E-state index contributed by atoms with van der Waals surface area (Å²) in [7, 11) is 0. The molecule has 4 heterocycles. The minimum atomic E-state index is -1.50. The Labute approximate surface area is 298 Å². The van der Waals surface area contributed by atoms with Gasteiger partial charge in [0.2, 0.25) is 17.7 Å². The predicted molar refractivity (Wildman–Crippen MR) is 187 cm³/mol. The van der Waals surface area contributed by atoms with Crippen LogP contribution in [-0.4, -0.2) is 76.1 Å². The third kappa shape index (κ3) is 6.18. The lowest BCUT2D eigenvalue weighted by Crippen LogP contribution is -2.56. The minimum Gasteiger partial charge on any atom is -0.463 e. The van der Waals surface area contributed by atoms with Crippen LogP contribution in [0.2, 0.25) is 0 Å². The zero-order valence-corrected chi connectivity index (χ0v) is 28.9. The molecule has 3 amide bonds. The number of hydrogen-bond donors (Lipinski definition) is 2. The topological polar surface area (TPSA) is 125 Å². The van der Waals surface area contributed by atoms with Gasteiger partial charge in [-0.05, 0) is 29.2 Å². The first kappa shape index (κ1) is 33.9. The van der Waals surface area contributed by atoms with Crippen molar-refractivity contribution in [2.24, 2.45) is 11.8 Å². The van der Waals surface area contributed by atoms with E-state index >= 15 is 4.79 Å². The standard InChI is InChI=1S/C39H38BrN3O7/c40-28-21-39-33-32(34(28)50-39)36(46)41-29(26-15-7-2-8-16-26)24-49-31(45)19-11-4-12-20-42(22-25-13-5-1-6-14-25)38(48)35(39)43(37(33)47)30(23-44)27-17-9-3-10-18-27/h1-10,12-18,21,29-30,32-35,44H,11,19-20,22-24H2,(H,41,46)/b12-4-/t29-,30-,32-,33+,34-,35-,39+/m1/s1. The number of likely N-dealkylation sites (tertiary alicyclic amines) is 1. The third-order valence-electron chi connectivity index (χ3n) is 10.1. The first-order valence-corrected chi connectivity index (χ1v) is 17.6. The second-order valence-electron chi connectivity index (χ2n) is 13.1. The lowest BCUT2D eigenvalue weighted by molar-refractivity contribution is -0.151. The van der Waals surface area contributed by atoms with Crippen molar-refractivity contribution in [2.45, 2.75) is 49.2 Å². The Balaban J connectivity index is 1.35. The van der Waals surface area contributed by atoms with Crippen molar-refractivity contribution in [3.05, 3.63) is 130 Å². The number of nitrogens with zero attached hydrogens (tertiary/aromatic N) is 2. The quantitative estimate of drug-likeness (QED) is 0.284. The fourth-order valence-corrected chi connectivity index (χ4v) is 8.49. The Morgan fingerprint density at radius 1 is 0.900 bits per heavy atom. The zero-order chi connectivity index (χ0) is 34.8. The number of esters is 1. The van der Waals surface area contributed by atoms with Crippen molar-refractivity contribution in [2.75, 3.05) is 19.8 Å². The van der Waals surface area contributed by atoms with E-state index in [9.17, 15) is 19.5 Å². The van der Waals surface area contributed by atoms with Gasteiger partial charge in [0.05, 0.1) is 30.5 Å². The SMILES string of the molecule is O=C1CC/C=C\CN(Cc2ccccc2)C(=O)[C@H]2N([C@H](CO)c3ccccc3)C(=O)[C@@H]3[C@@H](C(=O)N[C@@H](c4ccccc4)CO1)[C@@H]1O[C@@]32C=C1Br. The van der Waals surface area contributed by atoms with Crippen molar-refractivity contribution >= 4 is 39.6 Å². The molecule has 10 nitrogen and oxygen atoms in total. The number of aliphatic hydroxyl groups is 1. The van der Waals surface area contributed by atoms with Crippen LogP contribution in [0.15, 0.2) is 114 Å². The average Bonchev–Trinajstić information content (AvgIpc) is 3.73. The molecule has 4 aliphatic heterocycles. The number of ether oxygens (including phenoxy) is 2. The van der Waals surface area contributed by atoms with E-state index in [4.69, 9.17) is 9.47 Å². The molecule has 7 rings (SSSR count). The number of rotatable bonds is 6. The molecule has 0 aliphatic carbocycles. The van der Waals surface area contributed by atoms with E-state index in [0.717, 1.165) is 11.1 Å². The van der Waals surface area contributed by atoms with E-state index in [0.29, 0.717) is 16.5 Å². The average molecular weight is 741 g/mol. The van der Waals surface area contributed by atoms with Crippen LogP contribution < -0.4 is 5.32 Å². The summed E-state index contributed by atoms with van der Waals surface area (Å²) in [5.41, 5.74) is 0.767. The molecule has 2 fully saturated rings. The number of carbonyl (C=O) groups is 4. The van der Waals surface area contributed by atoms with Crippen LogP contribution in [0.25, 0.3) is 0 Å². The molecule has 258 valence electrons. The molecule has 2 saturated heterocycles. The molecule has 4 aliphatic rings. The smallest absolute Gasteiger partial charge is 0.306 e. The number of fused-ring (bicyclic) bond motifs is 2. The lowest BCUT2D eigenvalue weighted by Gasteiger charge is -2.39. The number of nitrogens with one attached hydrogen (secondary N) is 1. The number of amides is 3. The first-order valence-electron chi connectivity index (χ1n) is 16.8. The maximum atomic E-state index is 15.1. The van der Waals surface area contributed by atoms with Gasteiger partial charge in [-0.15, -0.1) is 0 Å². The van der Waals surface area contributed by atoms with Crippen molar-refractivity contribution < 1.29 is 33.8 Å². The zero-order valence-electron chi connectivity index (χ0n) is 27.3. The van der Waals surface area contributed by atoms with E-state index in [1.807, 2.05) is 103 Å². The molecule has 50 heavy (non-hydrogen) atoms. The van der Waals surface area contributed by atoms with Crippen LogP contribution in [0.1, 0.15) is 41.6 Å². The number of hydrogen-bond acceptors (Lipinski definition) is 7. The Bertz CT molecular complexity index is 1800. The molecule has 0 unspecified atom stereocenters. The van der Waals surface area contributed by atoms with Gasteiger partial charge in [0.15, 0.2) is 0 Å². The van der Waals surface area contributed by atoms with Crippen molar-refractivity contribution in [3.63, 3.8) is 0 Å². The number of aliphatic hydroxyl groups excluding tert-OH is 1. The number of cyclic esters (lactones) is 1. The fourth-order valence-electron chi connectivity index (χ4n) is 7.75. The van der Waals surface area contributed by atoms with Gasteiger partial charge in [-0.1, -0.05) is 119 Å². The van der Waals surface area contributed by atoms with E-state index in [-0.39, 0.29) is 32.0 Å². The Kier molecular flexibility index (Phi) is 9.72. The summed E-state index contributed by atoms with van der Waals surface area (Å²) in [6.07, 6.45) is 5.13. The van der Waals surface area contributed by atoms with Crippen LogP contribution in [-0.2, 0) is 35.2 Å². The van der Waals surface area contributed by atoms with E-state index in [1.165, 1.54) is 4.90 Å². The molecule has 3 aromatic rings. The van der Waals surface area contributed by atoms with Gasteiger partial charge in [-0.25, -0.2) is 0 Å². The molecule has 0 aromatic heterocycles. The van der Waals surface area contributed by atoms with E-state index < -0.39 is 66.1 Å². The number of benzene rings is 3. The highest BCUT2D eigenvalue weighted by Crippen LogP contribution is 2.60. The van der Waals surface area contributed by atoms with Gasteiger partial charge in [-0.2, -0.15) is 0 Å². The summed E-state index contributed by atoms with van der Waals surface area (Å²) in [4.78, 5) is 60.4. The van der Waals surface area contributed by atoms with Gasteiger partial charge < -0.3 is 29.7 Å². The highest BCUT2D eigenvalue weighted by Gasteiger charge is 2.75. The molecular weight excluding hydrogens is 702 g/mol. The van der Waals surface area contributed by atoms with Gasteiger partial charge in [-0.3, -0.25) is 19.2 Å². The highest BCUT2D eigenvalue weighted by atomic mass is 79.9. The molecule has 7 atom stereocenters. The molecule has 3 aromatic carbocycles. The monoisotopic (exact) mass is 739 g/mol. The number of allylic oxidation sites excluding steroid dienone is 1. The highest BCUT2D eigenvalue weighted by molar-refractivity contribution is 9.11. The number of halogens is 1. The summed E-state index contributed by atoms with van der Waals surface area (Å²) < 4.78 is 12.9. The molecular formula is C39H38BrN3O7. The van der Waals surface area contributed by atoms with Crippen molar-refractivity contribution in [1.29, 1.82) is 0 Å². The molecule has 1 spiro atoms. The van der Waals surface area contributed by atoms with Gasteiger partial charge in [0.1, 0.15) is 24.4 Å². The Morgan fingerprint density at radius 3 is 2.28 bits per heavy atom. The predicted octanol–water partition coefficient (Wildman–Crippen LogP) is 4.37. The van der Waals surface area contributed by atoms with Gasteiger partial charge in [0, 0.05) is 24.0 Å². The third-order valence-corrected chi connectivity index (χ3v) is 10.7. The van der Waals surface area contributed by atoms with E-state index in [1.54, 1.807) is 11.0 Å². The maximum absolute atomic E-state index is 15.1. The first-order chi connectivity index (χ1) is 24.3. The summed E-state index contributed by atoms with van der Waals surface area (Å²) in [6, 6.07) is 25.0. The van der Waals surface area contributed by atoms with Crippen LogP contribution in [0.3, 0.4) is 0 Å². The van der Waals surface area contributed by atoms with Gasteiger partial charge in [0.25, 0.3) is 0 Å². The summed E-state index contributed by atoms with van der Waals surface area (Å²) in [6.45, 7) is -0.132. The lowest BCUT2D eigenvalue weighted by atomic mass is 9.74. The van der Waals surface area contributed by atoms with Crippen LogP contribution in [0, 0.1) is 11.8 Å². The minimum absolute atomic E-state index is 0.101. The van der Waals surface area contributed by atoms with Crippen LogP contribution in [0.5, 0.6) is 0 Å². The Hall–Kier alpha value is -4.58. The van der Waals surface area contributed by atoms with Gasteiger partial charge >= 0.3 is 5.97 Å².